The van der Waals surface area contributed by atoms with Crippen LogP contribution < -0.4 is 4.74 Å². The fourth-order valence-electron chi connectivity index (χ4n) is 5.49. The molecular weight excluding hydrogens is 883 g/mol. The van der Waals surface area contributed by atoms with Gasteiger partial charge in [-0.05, 0) is 108 Å². The van der Waals surface area contributed by atoms with Crippen LogP contribution in [0.1, 0.15) is 43.7 Å². The van der Waals surface area contributed by atoms with Crippen molar-refractivity contribution in [1.82, 2.24) is 4.57 Å². The molecule has 3 atom stereocenters. The molecule has 1 aliphatic carbocycles. The van der Waals surface area contributed by atoms with Crippen molar-refractivity contribution in [1.29, 1.82) is 10.5 Å². The van der Waals surface area contributed by atoms with Crippen LogP contribution in [0.15, 0.2) is 92.8 Å². The Morgan fingerprint density at radius 2 is 1.69 bits per heavy atom. The van der Waals surface area contributed by atoms with Crippen LogP contribution in [0.2, 0.25) is 5.02 Å². The van der Waals surface area contributed by atoms with E-state index in [2.05, 4.69) is 53.9 Å². The highest BCUT2D eigenvalue weighted by atomic mass is 79.9. The van der Waals surface area contributed by atoms with Crippen LogP contribution in [-0.4, -0.2) is 17.1 Å². The fourth-order valence-corrected chi connectivity index (χ4v) is 6.90. The van der Waals surface area contributed by atoms with Gasteiger partial charge in [0.1, 0.15) is 36.1 Å². The Balaban J connectivity index is 0.000000233. The Bertz CT molecular complexity index is 1970. The number of alkyl halides is 3. The number of benzene rings is 3. The van der Waals surface area contributed by atoms with Crippen molar-refractivity contribution >= 4 is 65.4 Å². The molecule has 0 saturated heterocycles. The van der Waals surface area contributed by atoms with Crippen LogP contribution in [0.3, 0.4) is 0 Å². The number of carbonyl (C=O) groups excluding carboxylic acids is 1. The van der Waals surface area contributed by atoms with E-state index in [1.54, 1.807) is 55.5 Å². The molecule has 51 heavy (non-hydrogen) atoms. The number of para-hydroxylation sites is 1. The maximum absolute atomic E-state index is 13.4. The van der Waals surface area contributed by atoms with Crippen molar-refractivity contribution in [2.75, 3.05) is 6.61 Å². The van der Waals surface area contributed by atoms with Crippen LogP contribution >= 0.6 is 59.4 Å². The average Bonchev–Trinajstić information content (AvgIpc) is 3.48. The predicted octanol–water partition coefficient (Wildman–Crippen LogP) is 11.9. The maximum atomic E-state index is 13.4. The van der Waals surface area contributed by atoms with Gasteiger partial charge in [-0.1, -0.05) is 74.0 Å². The zero-order valence-electron chi connectivity index (χ0n) is 27.3. The molecule has 0 bridgehead atoms. The first-order valence-electron chi connectivity index (χ1n) is 15.3. The lowest BCUT2D eigenvalue weighted by Crippen LogP contribution is -2.16. The number of rotatable bonds is 10. The van der Waals surface area contributed by atoms with E-state index in [0.717, 1.165) is 7.96 Å². The molecule has 3 aromatic carbocycles. The van der Waals surface area contributed by atoms with Crippen LogP contribution in [0.25, 0.3) is 11.3 Å². The van der Waals surface area contributed by atoms with E-state index in [1.807, 2.05) is 56.3 Å². The Kier molecular flexibility index (Phi) is 13.6. The molecule has 7 nitrogen and oxygen atoms in total. The van der Waals surface area contributed by atoms with Crippen LogP contribution in [0.4, 0.5) is 13.2 Å². The van der Waals surface area contributed by atoms with Gasteiger partial charge in [0.15, 0.2) is 0 Å². The molecule has 1 saturated carbocycles. The second-order valence-electron chi connectivity index (χ2n) is 11.8. The smallest absolute Gasteiger partial charge is 0.432 e. The molecule has 14 heteroatoms. The number of esters is 1. The number of nitrogens with zero attached hydrogens (tertiary/aromatic N) is 3. The monoisotopic (exact) mass is 909 g/mol. The number of hydrogen-bond donors (Lipinski definition) is 0. The van der Waals surface area contributed by atoms with Gasteiger partial charge in [-0.15, -0.1) is 0 Å². The fraction of sp³-hybridized carbons (Fsp3) is 0.270. The summed E-state index contributed by atoms with van der Waals surface area (Å²) in [5.74, 6) is 0.683. The Hall–Kier alpha value is -3.59. The molecule has 4 aromatic rings. The van der Waals surface area contributed by atoms with Gasteiger partial charge in [0, 0.05) is 17.2 Å². The Labute approximate surface area is 323 Å². The lowest BCUT2D eigenvalue weighted by molar-refractivity contribution is -0.149. The van der Waals surface area contributed by atoms with Crippen molar-refractivity contribution in [3.63, 3.8) is 0 Å². The first-order valence-corrected chi connectivity index (χ1v) is 18.1. The molecule has 0 radical (unpaired) electrons. The van der Waals surface area contributed by atoms with E-state index < -0.39 is 18.0 Å². The summed E-state index contributed by atoms with van der Waals surface area (Å²) in [5.41, 5.74) is -0.0933. The van der Waals surface area contributed by atoms with Crippen molar-refractivity contribution in [3.8, 4) is 34.9 Å². The highest BCUT2D eigenvalue weighted by molar-refractivity contribution is 9.28. The molecule has 266 valence electrons. The molecule has 1 aliphatic rings. The summed E-state index contributed by atoms with van der Waals surface area (Å²) in [5, 5.41) is 19.3. The second-order valence-corrected chi connectivity index (χ2v) is 15.8. The highest BCUT2D eigenvalue weighted by Crippen LogP contribution is 2.60. The largest absolute Gasteiger partial charge is 0.457 e. The van der Waals surface area contributed by atoms with Gasteiger partial charge >= 0.3 is 12.1 Å². The average molecular weight is 913 g/mol. The second kappa shape index (κ2) is 17.3. The van der Waals surface area contributed by atoms with Gasteiger partial charge in [-0.25, -0.2) is 0 Å². The minimum absolute atomic E-state index is 0.0563. The topological polar surface area (TPSA) is 97.3 Å². The number of aromatic nitrogens is 1. The molecule has 1 heterocycles. The molecule has 1 fully saturated rings. The Morgan fingerprint density at radius 3 is 2.25 bits per heavy atom. The molecule has 0 spiro atoms. The van der Waals surface area contributed by atoms with Gasteiger partial charge in [0.2, 0.25) is 6.10 Å². The minimum Gasteiger partial charge on any atom is -0.457 e. The van der Waals surface area contributed by atoms with Crippen molar-refractivity contribution in [2.24, 2.45) is 17.3 Å². The summed E-state index contributed by atoms with van der Waals surface area (Å²) in [6.07, 6.45) is -3.67. The van der Waals surface area contributed by atoms with Crippen LogP contribution in [-0.2, 0) is 27.2 Å². The van der Waals surface area contributed by atoms with Gasteiger partial charge in [0.25, 0.3) is 0 Å². The zero-order valence-corrected chi connectivity index (χ0v) is 32.9. The van der Waals surface area contributed by atoms with Crippen LogP contribution in [0.5, 0.6) is 11.5 Å². The normalized spacial score (nSPS) is 16.4. The molecule has 5 rings (SSSR count). The molecule has 0 N–H and O–H groups in total. The summed E-state index contributed by atoms with van der Waals surface area (Å²) < 4.78 is 58.2. The van der Waals surface area contributed by atoms with Crippen molar-refractivity contribution in [3.05, 3.63) is 115 Å². The van der Waals surface area contributed by atoms with Crippen LogP contribution in [0, 0.1) is 39.9 Å². The predicted molar refractivity (Wildman–Crippen MR) is 198 cm³/mol. The van der Waals surface area contributed by atoms with E-state index in [4.69, 9.17) is 25.8 Å². The number of ether oxygens (including phenoxy) is 3. The quantitative estimate of drug-likeness (QED) is 0.147. The van der Waals surface area contributed by atoms with Gasteiger partial charge in [-0.3, -0.25) is 4.79 Å². The van der Waals surface area contributed by atoms with Gasteiger partial charge in [0.05, 0.1) is 25.0 Å². The zero-order chi connectivity index (χ0) is 37.5. The number of halogens is 7. The van der Waals surface area contributed by atoms with Gasteiger partial charge in [-0.2, -0.15) is 23.7 Å². The summed E-state index contributed by atoms with van der Waals surface area (Å²) >= 11 is 15.4. The van der Waals surface area contributed by atoms with E-state index >= 15 is 0 Å². The van der Waals surface area contributed by atoms with E-state index in [-0.39, 0.29) is 52.3 Å². The first-order chi connectivity index (χ1) is 24.1. The molecule has 0 unspecified atom stereocenters. The third kappa shape index (κ3) is 9.85. The molecule has 1 aromatic heterocycles. The summed E-state index contributed by atoms with van der Waals surface area (Å²) in [6, 6.07) is 26.5. The van der Waals surface area contributed by atoms with E-state index in [1.165, 1.54) is 0 Å². The summed E-state index contributed by atoms with van der Waals surface area (Å²) in [6.45, 7) is 5.63. The third-order valence-corrected chi connectivity index (χ3v) is 9.64. The van der Waals surface area contributed by atoms with Gasteiger partial charge < -0.3 is 18.8 Å². The maximum Gasteiger partial charge on any atom is 0.432 e. The van der Waals surface area contributed by atoms with E-state index in [9.17, 15) is 28.5 Å². The van der Waals surface area contributed by atoms with Crippen molar-refractivity contribution < 1.29 is 32.2 Å². The number of hydrogen-bond acceptors (Lipinski definition) is 6. The van der Waals surface area contributed by atoms with Crippen molar-refractivity contribution in [2.45, 2.75) is 39.8 Å². The minimum atomic E-state index is -4.63. The lowest BCUT2D eigenvalue weighted by Gasteiger charge is -2.15. The SMILES string of the molecule is CC1(C)[C@H](C(=O)O[C@H](C#N)c2cccc(Oc3ccccc3)c2)[C@@H]1C=C(Br)Br.CCOCn1c(-c2ccc(Cl)cc2)c(C#N)c(Br)c1C(F)(F)F. The highest BCUT2D eigenvalue weighted by Gasteiger charge is 2.62. The lowest BCUT2D eigenvalue weighted by atomic mass is 10.1. The third-order valence-electron chi connectivity index (χ3n) is 8.09. The standard InChI is InChI=1S/C22H19Br2NO3.C15H11BrClF3N2O/c1-22(2)17(12-19(23)24)20(22)21(26)28-18(13-25)14-7-6-10-16(11-14)27-15-8-4-3-5-9-15;1-2-23-8-22-13(9-3-5-10(17)6-4-9)11(7-21)12(16)14(22)15(18,19)20/h3-12,17-18,20H,1-2H3;3-6H,2,8H2,1H3/t17-,18+,20-;/m0./s1. The molecular formula is C37H30Br3ClF3N3O4. The summed E-state index contributed by atoms with van der Waals surface area (Å²) in [4.78, 5) is 12.7. The number of nitriles is 2. The Morgan fingerprint density at radius 1 is 1.04 bits per heavy atom. The van der Waals surface area contributed by atoms with E-state index in [0.29, 0.717) is 27.6 Å². The number of allylic oxidation sites excluding steroid dienone is 1. The summed E-state index contributed by atoms with van der Waals surface area (Å²) in [7, 11) is 0. The molecule has 0 aliphatic heterocycles. The number of carbonyl (C=O) groups is 1. The molecule has 0 amide bonds. The first kappa shape index (κ1) is 40.2.